The van der Waals surface area contributed by atoms with Crippen molar-refractivity contribution in [2.24, 2.45) is 5.73 Å². The van der Waals surface area contributed by atoms with E-state index >= 15 is 0 Å². The summed E-state index contributed by atoms with van der Waals surface area (Å²) < 4.78 is 5.23. The number of methoxy groups -OCH3 is 1. The number of ether oxygens (including phenoxy) is 1. The van der Waals surface area contributed by atoms with Crippen LogP contribution in [0.5, 0.6) is 5.75 Å². The molecular formula is C11H13NO2. The molecule has 2 N–H and O–H groups in total. The minimum atomic E-state index is -0.370. The largest absolute Gasteiger partial charge is 0.496 e. The molecule has 1 aliphatic carbocycles. The van der Waals surface area contributed by atoms with E-state index in [4.69, 9.17) is 10.5 Å². The fourth-order valence-corrected chi connectivity index (χ4v) is 1.73. The molecule has 0 heterocycles. The second kappa shape index (κ2) is 3.33. The molecule has 0 saturated heterocycles. The van der Waals surface area contributed by atoms with Crippen LogP contribution in [-0.2, 0) is 0 Å². The lowest BCUT2D eigenvalue weighted by atomic mass is 10.0. The highest BCUT2D eigenvalue weighted by Gasteiger charge is 2.30. The Balaban J connectivity index is 2.52. The normalized spacial score (nSPS) is 15.2. The summed E-state index contributed by atoms with van der Waals surface area (Å²) in [5.74, 6) is 0.878. The lowest BCUT2D eigenvalue weighted by molar-refractivity contribution is 0.0999. The fraction of sp³-hybridized carbons (Fsp3) is 0.364. The molecule has 1 fully saturated rings. The van der Waals surface area contributed by atoms with E-state index < -0.39 is 0 Å². The first-order valence-electron chi connectivity index (χ1n) is 4.70. The van der Waals surface area contributed by atoms with E-state index in [1.54, 1.807) is 19.2 Å². The maximum Gasteiger partial charge on any atom is 0.249 e. The Labute approximate surface area is 82.9 Å². The molecular weight excluding hydrogens is 178 g/mol. The Bertz CT molecular complexity index is 370. The standard InChI is InChI=1S/C11H13NO2/c1-14-9-4-2-3-8(11(12)13)10(9)7-5-6-7/h2-4,7H,5-6H2,1H3,(H2,12,13). The number of amides is 1. The van der Waals surface area contributed by atoms with Crippen LogP contribution in [0.1, 0.15) is 34.7 Å². The topological polar surface area (TPSA) is 52.3 Å². The van der Waals surface area contributed by atoms with E-state index in [9.17, 15) is 4.79 Å². The van der Waals surface area contributed by atoms with Crippen LogP contribution in [0.15, 0.2) is 18.2 Å². The zero-order valence-corrected chi connectivity index (χ0v) is 8.12. The second-order valence-corrected chi connectivity index (χ2v) is 3.56. The average Bonchev–Trinajstić information content (AvgIpc) is 2.99. The summed E-state index contributed by atoms with van der Waals surface area (Å²) in [5, 5.41) is 0. The van der Waals surface area contributed by atoms with Crippen LogP contribution in [0.2, 0.25) is 0 Å². The highest BCUT2D eigenvalue weighted by Crippen LogP contribution is 2.45. The van der Waals surface area contributed by atoms with Crippen LogP contribution < -0.4 is 10.5 Å². The van der Waals surface area contributed by atoms with Gasteiger partial charge in [-0.25, -0.2) is 0 Å². The summed E-state index contributed by atoms with van der Waals surface area (Å²) in [4.78, 5) is 11.2. The zero-order valence-electron chi connectivity index (χ0n) is 8.12. The van der Waals surface area contributed by atoms with Gasteiger partial charge in [-0.2, -0.15) is 0 Å². The van der Waals surface area contributed by atoms with Gasteiger partial charge in [-0.1, -0.05) is 6.07 Å². The average molecular weight is 191 g/mol. The quantitative estimate of drug-likeness (QED) is 0.790. The summed E-state index contributed by atoms with van der Waals surface area (Å²) in [7, 11) is 1.62. The van der Waals surface area contributed by atoms with E-state index in [2.05, 4.69) is 0 Å². The molecule has 14 heavy (non-hydrogen) atoms. The van der Waals surface area contributed by atoms with E-state index in [0.29, 0.717) is 11.5 Å². The number of nitrogens with two attached hydrogens (primary N) is 1. The van der Waals surface area contributed by atoms with Crippen LogP contribution in [0.3, 0.4) is 0 Å². The van der Waals surface area contributed by atoms with Crippen LogP contribution in [0.25, 0.3) is 0 Å². The van der Waals surface area contributed by atoms with Crippen molar-refractivity contribution < 1.29 is 9.53 Å². The third kappa shape index (κ3) is 1.45. The number of hydrogen-bond donors (Lipinski definition) is 1. The lowest BCUT2D eigenvalue weighted by Crippen LogP contribution is -2.14. The minimum absolute atomic E-state index is 0.370. The predicted octanol–water partition coefficient (Wildman–Crippen LogP) is 1.67. The van der Waals surface area contributed by atoms with Crippen LogP contribution in [0.4, 0.5) is 0 Å². The summed E-state index contributed by atoms with van der Waals surface area (Å²) >= 11 is 0. The number of primary amides is 1. The van der Waals surface area contributed by atoms with Crippen molar-refractivity contribution in [3.63, 3.8) is 0 Å². The van der Waals surface area contributed by atoms with Crippen molar-refractivity contribution in [1.82, 2.24) is 0 Å². The first-order chi connectivity index (χ1) is 6.74. The number of carbonyl (C=O) groups is 1. The molecule has 0 spiro atoms. The molecule has 3 heteroatoms. The van der Waals surface area contributed by atoms with Crippen molar-refractivity contribution in [3.05, 3.63) is 29.3 Å². The lowest BCUT2D eigenvalue weighted by Gasteiger charge is -2.10. The van der Waals surface area contributed by atoms with Crippen molar-refractivity contribution >= 4 is 5.91 Å². The maximum absolute atomic E-state index is 11.2. The molecule has 2 rings (SSSR count). The van der Waals surface area contributed by atoms with Crippen LogP contribution >= 0.6 is 0 Å². The van der Waals surface area contributed by atoms with Gasteiger partial charge in [-0.15, -0.1) is 0 Å². The van der Waals surface area contributed by atoms with E-state index in [1.807, 2.05) is 6.07 Å². The molecule has 0 bridgehead atoms. The van der Waals surface area contributed by atoms with Gasteiger partial charge < -0.3 is 10.5 Å². The third-order valence-corrected chi connectivity index (χ3v) is 2.54. The van der Waals surface area contributed by atoms with Gasteiger partial charge in [0.15, 0.2) is 0 Å². The molecule has 1 aromatic rings. The molecule has 0 aromatic heterocycles. The van der Waals surface area contributed by atoms with Crippen LogP contribution in [0, 0.1) is 0 Å². The second-order valence-electron chi connectivity index (χ2n) is 3.56. The van der Waals surface area contributed by atoms with Gasteiger partial charge in [0.25, 0.3) is 0 Å². The highest BCUT2D eigenvalue weighted by atomic mass is 16.5. The molecule has 74 valence electrons. The number of rotatable bonds is 3. The molecule has 0 aliphatic heterocycles. The number of benzene rings is 1. The molecule has 1 amide bonds. The minimum Gasteiger partial charge on any atom is -0.496 e. The van der Waals surface area contributed by atoms with Gasteiger partial charge in [0, 0.05) is 11.1 Å². The Morgan fingerprint density at radius 1 is 1.50 bits per heavy atom. The van der Waals surface area contributed by atoms with Crippen molar-refractivity contribution in [1.29, 1.82) is 0 Å². The molecule has 0 unspecified atom stereocenters. The highest BCUT2D eigenvalue weighted by molar-refractivity contribution is 5.95. The molecule has 1 aromatic carbocycles. The zero-order chi connectivity index (χ0) is 10.1. The van der Waals surface area contributed by atoms with E-state index in [-0.39, 0.29) is 5.91 Å². The summed E-state index contributed by atoms with van der Waals surface area (Å²) in [6, 6.07) is 5.43. The summed E-state index contributed by atoms with van der Waals surface area (Å²) in [5.41, 5.74) is 6.90. The summed E-state index contributed by atoms with van der Waals surface area (Å²) in [6.45, 7) is 0. The van der Waals surface area contributed by atoms with Gasteiger partial charge in [-0.05, 0) is 30.9 Å². The first-order valence-corrected chi connectivity index (χ1v) is 4.70. The van der Waals surface area contributed by atoms with Gasteiger partial charge >= 0.3 is 0 Å². The van der Waals surface area contributed by atoms with E-state index in [1.165, 1.54) is 0 Å². The SMILES string of the molecule is COc1cccc(C(N)=O)c1C1CC1. The van der Waals surface area contributed by atoms with Crippen molar-refractivity contribution in [2.45, 2.75) is 18.8 Å². The molecule has 1 aliphatic rings. The first kappa shape index (κ1) is 9.06. The molecule has 0 atom stereocenters. The summed E-state index contributed by atoms with van der Waals surface area (Å²) in [6.07, 6.45) is 2.25. The predicted molar refractivity (Wildman–Crippen MR) is 53.5 cm³/mol. The Hall–Kier alpha value is -1.51. The Morgan fingerprint density at radius 2 is 2.21 bits per heavy atom. The Morgan fingerprint density at radius 3 is 2.71 bits per heavy atom. The molecule has 0 radical (unpaired) electrons. The smallest absolute Gasteiger partial charge is 0.249 e. The fourth-order valence-electron chi connectivity index (χ4n) is 1.73. The van der Waals surface area contributed by atoms with Crippen LogP contribution in [-0.4, -0.2) is 13.0 Å². The number of carbonyl (C=O) groups excluding carboxylic acids is 1. The monoisotopic (exact) mass is 191 g/mol. The van der Waals surface area contributed by atoms with Crippen molar-refractivity contribution in [2.75, 3.05) is 7.11 Å². The van der Waals surface area contributed by atoms with Gasteiger partial charge in [0.2, 0.25) is 5.91 Å². The molecule has 1 saturated carbocycles. The number of hydrogen-bond acceptors (Lipinski definition) is 2. The van der Waals surface area contributed by atoms with Gasteiger partial charge in [-0.3, -0.25) is 4.79 Å². The molecule has 3 nitrogen and oxygen atoms in total. The maximum atomic E-state index is 11.2. The van der Waals surface area contributed by atoms with E-state index in [0.717, 1.165) is 24.2 Å². The van der Waals surface area contributed by atoms with Crippen molar-refractivity contribution in [3.8, 4) is 5.75 Å². The van der Waals surface area contributed by atoms with Gasteiger partial charge in [0.1, 0.15) is 5.75 Å². The third-order valence-electron chi connectivity index (χ3n) is 2.54. The van der Waals surface area contributed by atoms with Gasteiger partial charge in [0.05, 0.1) is 7.11 Å². The Kier molecular flexibility index (Phi) is 2.15.